The molecule has 1 unspecified atom stereocenters. The summed E-state index contributed by atoms with van der Waals surface area (Å²) in [5.74, 6) is 1.29. The van der Waals surface area contributed by atoms with Gasteiger partial charge in [0, 0.05) is 13.1 Å². The van der Waals surface area contributed by atoms with Crippen molar-refractivity contribution < 1.29 is 9.26 Å². The first-order valence-electron chi connectivity index (χ1n) is 6.62. The highest BCUT2D eigenvalue weighted by Crippen LogP contribution is 2.22. The Hall–Kier alpha value is -2.00. The average Bonchev–Trinajstić information content (AvgIpc) is 3.08. The van der Waals surface area contributed by atoms with Crippen LogP contribution in [0.4, 0.5) is 5.95 Å². The van der Waals surface area contributed by atoms with E-state index in [9.17, 15) is 0 Å². The van der Waals surface area contributed by atoms with Gasteiger partial charge >= 0.3 is 0 Å². The van der Waals surface area contributed by atoms with Gasteiger partial charge in [-0.05, 0) is 13.0 Å². The van der Waals surface area contributed by atoms with Gasteiger partial charge in [0.05, 0.1) is 6.61 Å². The molecule has 3 rings (SSSR count). The Kier molecular flexibility index (Phi) is 3.61. The number of morpholine rings is 1. The summed E-state index contributed by atoms with van der Waals surface area (Å²) in [6.45, 7) is 5.58. The smallest absolute Gasteiger partial charge is 0.295 e. The van der Waals surface area contributed by atoms with Crippen LogP contribution in [0.5, 0.6) is 0 Å². The predicted octanol–water partition coefficient (Wildman–Crippen LogP) is 0.220. The predicted molar refractivity (Wildman–Crippen MR) is 69.5 cm³/mol. The lowest BCUT2D eigenvalue weighted by atomic mass is 10.2. The van der Waals surface area contributed by atoms with Crippen molar-refractivity contribution in [3.8, 4) is 11.7 Å². The average molecular weight is 279 g/mol. The van der Waals surface area contributed by atoms with Crippen molar-refractivity contribution in [2.24, 2.45) is 0 Å². The third kappa shape index (κ3) is 2.63. The number of aromatic nitrogens is 5. The monoisotopic (exact) mass is 279 g/mol. The first-order chi connectivity index (χ1) is 9.76. The van der Waals surface area contributed by atoms with E-state index in [4.69, 9.17) is 15.0 Å². The first-order valence-corrected chi connectivity index (χ1v) is 6.62. The van der Waals surface area contributed by atoms with Gasteiger partial charge < -0.3 is 15.0 Å². The fourth-order valence-corrected chi connectivity index (χ4v) is 2.21. The molecule has 1 saturated heterocycles. The lowest BCUT2D eigenvalue weighted by molar-refractivity contribution is -0.0350. The number of H-pyrrole nitrogens is 1. The Bertz CT molecular complexity index is 565. The van der Waals surface area contributed by atoms with E-state index in [0.29, 0.717) is 18.3 Å². The number of nitrogen functional groups attached to an aromatic ring is 1. The quantitative estimate of drug-likeness (QED) is 0.815. The molecule has 0 amide bonds. The van der Waals surface area contributed by atoms with Crippen LogP contribution in [0.25, 0.3) is 11.7 Å². The van der Waals surface area contributed by atoms with E-state index in [1.54, 1.807) is 0 Å². The van der Waals surface area contributed by atoms with Gasteiger partial charge in [-0.15, -0.1) is 5.10 Å². The van der Waals surface area contributed by atoms with Crippen molar-refractivity contribution >= 4 is 5.95 Å². The molecular weight excluding hydrogens is 262 g/mol. The van der Waals surface area contributed by atoms with Gasteiger partial charge in [-0.2, -0.15) is 9.97 Å². The summed E-state index contributed by atoms with van der Waals surface area (Å²) in [4.78, 5) is 10.6. The number of hydrogen-bond acceptors (Lipinski definition) is 8. The van der Waals surface area contributed by atoms with Gasteiger partial charge in [-0.25, -0.2) is 0 Å². The zero-order chi connectivity index (χ0) is 13.9. The number of aromatic amines is 1. The Labute approximate surface area is 115 Å². The van der Waals surface area contributed by atoms with Crippen LogP contribution in [-0.4, -0.2) is 56.5 Å². The van der Waals surface area contributed by atoms with E-state index >= 15 is 0 Å². The topological polar surface area (TPSA) is 119 Å². The van der Waals surface area contributed by atoms with Crippen LogP contribution in [0.3, 0.4) is 0 Å². The van der Waals surface area contributed by atoms with Gasteiger partial charge in [-0.3, -0.25) is 10.00 Å². The second-order valence-electron chi connectivity index (χ2n) is 4.66. The molecule has 0 saturated carbocycles. The Morgan fingerprint density at radius 2 is 2.35 bits per heavy atom. The zero-order valence-electron chi connectivity index (χ0n) is 11.2. The molecule has 20 heavy (non-hydrogen) atoms. The molecule has 0 radical (unpaired) electrons. The van der Waals surface area contributed by atoms with E-state index in [2.05, 4.69) is 37.1 Å². The number of hydrogen-bond donors (Lipinski definition) is 2. The van der Waals surface area contributed by atoms with Crippen LogP contribution < -0.4 is 5.73 Å². The fourth-order valence-electron chi connectivity index (χ4n) is 2.21. The second-order valence-corrected chi connectivity index (χ2v) is 4.66. The fraction of sp³-hybridized carbons (Fsp3) is 0.636. The maximum Gasteiger partial charge on any atom is 0.295 e. The summed E-state index contributed by atoms with van der Waals surface area (Å²) < 4.78 is 10.9. The van der Waals surface area contributed by atoms with Gasteiger partial charge in [0.1, 0.15) is 6.10 Å². The molecule has 0 bridgehead atoms. The van der Waals surface area contributed by atoms with Crippen LogP contribution in [-0.2, 0) is 4.74 Å². The van der Waals surface area contributed by atoms with Crippen molar-refractivity contribution in [3.63, 3.8) is 0 Å². The molecule has 0 aromatic carbocycles. The Balaban J connectivity index is 1.73. The molecule has 1 aliphatic rings. The highest BCUT2D eigenvalue weighted by atomic mass is 16.5. The van der Waals surface area contributed by atoms with Crippen molar-refractivity contribution in [3.05, 3.63) is 5.82 Å². The Morgan fingerprint density at radius 3 is 3.10 bits per heavy atom. The lowest BCUT2D eigenvalue weighted by Crippen LogP contribution is -2.39. The van der Waals surface area contributed by atoms with Gasteiger partial charge in [0.2, 0.25) is 17.6 Å². The number of nitrogens with two attached hydrogens (primary N) is 1. The van der Waals surface area contributed by atoms with Crippen molar-refractivity contribution in [1.29, 1.82) is 0 Å². The minimum atomic E-state index is -0.173. The standard InChI is InChI=1S/C11H17N7O2/c1-2-3-18-4-5-19-7(6-18)8-13-10(20-17-8)9-14-11(12)16-15-9/h7H,2-6H2,1H3,(H3,12,14,15,16). The second kappa shape index (κ2) is 5.55. The third-order valence-corrected chi connectivity index (χ3v) is 3.13. The van der Waals surface area contributed by atoms with Crippen molar-refractivity contribution in [2.75, 3.05) is 32.0 Å². The number of nitrogens with zero attached hydrogens (tertiary/aromatic N) is 5. The zero-order valence-corrected chi connectivity index (χ0v) is 11.2. The number of nitrogens with one attached hydrogen (secondary N) is 1. The van der Waals surface area contributed by atoms with E-state index in [1.807, 2.05) is 0 Å². The molecule has 9 heteroatoms. The highest BCUT2D eigenvalue weighted by molar-refractivity contribution is 5.41. The largest absolute Gasteiger partial charge is 0.367 e. The maximum atomic E-state index is 5.70. The molecule has 108 valence electrons. The molecule has 9 nitrogen and oxygen atoms in total. The van der Waals surface area contributed by atoms with Crippen LogP contribution in [0.15, 0.2) is 4.52 Å². The molecule has 0 spiro atoms. The molecule has 1 fully saturated rings. The normalized spacial score (nSPS) is 20.4. The van der Waals surface area contributed by atoms with Crippen molar-refractivity contribution in [2.45, 2.75) is 19.4 Å². The molecule has 0 aliphatic carbocycles. The number of ether oxygens (including phenoxy) is 1. The first kappa shape index (κ1) is 13.0. The van der Waals surface area contributed by atoms with Crippen LogP contribution in [0.2, 0.25) is 0 Å². The van der Waals surface area contributed by atoms with Crippen LogP contribution in [0, 0.1) is 0 Å². The molecule has 3 heterocycles. The summed E-state index contributed by atoms with van der Waals surface area (Å²) in [5.41, 5.74) is 5.44. The molecule has 1 atom stereocenters. The van der Waals surface area contributed by atoms with Crippen LogP contribution in [0.1, 0.15) is 25.3 Å². The van der Waals surface area contributed by atoms with Crippen LogP contribution >= 0.6 is 0 Å². The maximum absolute atomic E-state index is 5.70. The molecule has 2 aromatic rings. The molecular formula is C11H17N7O2. The van der Waals surface area contributed by atoms with E-state index in [1.165, 1.54) is 0 Å². The van der Waals surface area contributed by atoms with Crippen molar-refractivity contribution in [1.82, 2.24) is 30.2 Å². The van der Waals surface area contributed by atoms with Gasteiger partial charge in [-0.1, -0.05) is 12.1 Å². The molecule has 3 N–H and O–H groups in total. The minimum Gasteiger partial charge on any atom is -0.367 e. The SMILES string of the molecule is CCCN1CCOC(c2noc(-c3nc(N)n[nH]3)n2)C1. The summed E-state index contributed by atoms with van der Waals surface area (Å²) >= 11 is 0. The summed E-state index contributed by atoms with van der Waals surface area (Å²) in [5, 5.41) is 10.3. The molecule has 2 aromatic heterocycles. The highest BCUT2D eigenvalue weighted by Gasteiger charge is 2.26. The summed E-state index contributed by atoms with van der Waals surface area (Å²) in [7, 11) is 0. The summed E-state index contributed by atoms with van der Waals surface area (Å²) in [6.07, 6.45) is 0.940. The lowest BCUT2D eigenvalue weighted by Gasteiger charge is -2.30. The summed E-state index contributed by atoms with van der Waals surface area (Å²) in [6, 6.07) is 0. The van der Waals surface area contributed by atoms with Gasteiger partial charge in [0.15, 0.2) is 0 Å². The van der Waals surface area contributed by atoms with E-state index in [-0.39, 0.29) is 17.9 Å². The third-order valence-electron chi connectivity index (χ3n) is 3.13. The van der Waals surface area contributed by atoms with E-state index < -0.39 is 0 Å². The number of rotatable bonds is 4. The molecule has 1 aliphatic heterocycles. The van der Waals surface area contributed by atoms with Gasteiger partial charge in [0.25, 0.3) is 5.89 Å². The minimum absolute atomic E-state index is 0.141. The number of anilines is 1. The Morgan fingerprint density at radius 1 is 1.45 bits per heavy atom. The van der Waals surface area contributed by atoms with E-state index in [0.717, 1.165) is 26.1 Å².